The number of hydrogen-bond donors (Lipinski definition) is 1. The predicted molar refractivity (Wildman–Crippen MR) is 42.6 cm³/mol. The van der Waals surface area contributed by atoms with Crippen LogP contribution in [0.15, 0.2) is 0 Å². The van der Waals surface area contributed by atoms with Gasteiger partial charge in [0.15, 0.2) is 0 Å². The molecule has 0 bridgehead atoms. The molecule has 56 valence electrons. The lowest BCUT2D eigenvalue weighted by atomic mass is 10.1. The highest BCUT2D eigenvalue weighted by molar-refractivity contribution is 4.66. The Morgan fingerprint density at radius 3 is 1.44 bits per heavy atom. The highest BCUT2D eigenvalue weighted by atomic mass is 14.9. The molecule has 0 fully saturated rings. The zero-order valence-corrected chi connectivity index (χ0v) is 7.23. The van der Waals surface area contributed by atoms with E-state index in [1.807, 2.05) is 0 Å². The van der Waals surface area contributed by atoms with Gasteiger partial charge in [0.1, 0.15) is 0 Å². The Kier molecular flexibility index (Phi) is 3.87. The molecule has 0 saturated heterocycles. The van der Waals surface area contributed by atoms with Gasteiger partial charge in [0.05, 0.1) is 0 Å². The minimum atomic E-state index is 0.613. The van der Waals surface area contributed by atoms with Crippen molar-refractivity contribution >= 4 is 0 Å². The normalized spacial score (nSPS) is 15.0. The van der Waals surface area contributed by atoms with Crippen molar-refractivity contribution in [3.8, 4) is 0 Å². The summed E-state index contributed by atoms with van der Waals surface area (Å²) in [5, 5.41) is 3.44. The van der Waals surface area contributed by atoms with Crippen molar-refractivity contribution in [1.82, 2.24) is 5.32 Å². The lowest BCUT2D eigenvalue weighted by molar-refractivity contribution is 0.396. The summed E-state index contributed by atoms with van der Waals surface area (Å²) in [7, 11) is 0. The van der Waals surface area contributed by atoms with E-state index in [0.717, 1.165) is 5.92 Å². The van der Waals surface area contributed by atoms with Crippen LogP contribution in [0.5, 0.6) is 0 Å². The minimum Gasteiger partial charge on any atom is -0.312 e. The summed E-state index contributed by atoms with van der Waals surface area (Å²) in [4.78, 5) is 0. The van der Waals surface area contributed by atoms with Gasteiger partial charge in [-0.3, -0.25) is 0 Å². The molecule has 1 nitrogen and oxygen atoms in total. The van der Waals surface area contributed by atoms with Crippen LogP contribution in [0, 0.1) is 5.92 Å². The van der Waals surface area contributed by atoms with Gasteiger partial charge in [-0.25, -0.2) is 0 Å². The van der Waals surface area contributed by atoms with Gasteiger partial charge in [0.25, 0.3) is 0 Å². The Bertz CT molecular complexity index is 67.0. The molecule has 0 unspecified atom stereocenters. The van der Waals surface area contributed by atoms with Crippen LogP contribution in [0.25, 0.3) is 0 Å². The molecule has 0 spiro atoms. The van der Waals surface area contributed by atoms with Gasteiger partial charge >= 0.3 is 0 Å². The zero-order chi connectivity index (χ0) is 7.44. The Hall–Kier alpha value is -0.0400. The van der Waals surface area contributed by atoms with Crippen molar-refractivity contribution in [2.24, 2.45) is 5.92 Å². The first-order valence-electron chi connectivity index (χ1n) is 3.80. The maximum atomic E-state index is 3.44. The third-order valence-corrected chi connectivity index (χ3v) is 1.60. The first-order valence-corrected chi connectivity index (χ1v) is 3.80. The summed E-state index contributed by atoms with van der Waals surface area (Å²) in [5.41, 5.74) is 0. The van der Waals surface area contributed by atoms with Gasteiger partial charge in [-0.1, -0.05) is 27.7 Å². The third-order valence-electron chi connectivity index (χ3n) is 1.60. The predicted octanol–water partition coefficient (Wildman–Crippen LogP) is 2.03. The zero-order valence-electron chi connectivity index (χ0n) is 7.23. The van der Waals surface area contributed by atoms with E-state index in [1.165, 1.54) is 0 Å². The fourth-order valence-corrected chi connectivity index (χ4v) is 0.718. The quantitative estimate of drug-likeness (QED) is 0.615. The molecular formula is C8H19N. The molecule has 0 aromatic rings. The third kappa shape index (κ3) is 4.46. The van der Waals surface area contributed by atoms with Crippen LogP contribution in [-0.4, -0.2) is 12.1 Å². The van der Waals surface area contributed by atoms with Gasteiger partial charge in [-0.2, -0.15) is 0 Å². The standard InChI is InChI=1S/C8H19N/c1-6(2)8(5)9-7(3)4/h6-9H,1-5H3/t8-/m0/s1. The molecule has 1 atom stereocenters. The summed E-state index contributed by atoms with van der Waals surface area (Å²) < 4.78 is 0. The van der Waals surface area contributed by atoms with E-state index in [-0.39, 0.29) is 0 Å². The first kappa shape index (κ1) is 8.96. The Balaban J connectivity index is 3.38. The number of rotatable bonds is 3. The fraction of sp³-hybridized carbons (Fsp3) is 1.00. The lowest BCUT2D eigenvalue weighted by Gasteiger charge is -2.19. The van der Waals surface area contributed by atoms with Crippen LogP contribution in [0.3, 0.4) is 0 Å². The second-order valence-corrected chi connectivity index (χ2v) is 3.35. The summed E-state index contributed by atoms with van der Waals surface area (Å²) in [6, 6.07) is 1.26. The fourth-order valence-electron chi connectivity index (χ4n) is 0.718. The van der Waals surface area contributed by atoms with Crippen LogP contribution in [-0.2, 0) is 0 Å². The molecule has 0 aliphatic carbocycles. The average molecular weight is 129 g/mol. The monoisotopic (exact) mass is 129 g/mol. The molecule has 0 radical (unpaired) electrons. The summed E-state index contributed by atoms with van der Waals surface area (Å²) in [6.45, 7) is 11.1. The van der Waals surface area contributed by atoms with Crippen molar-refractivity contribution in [3.63, 3.8) is 0 Å². The van der Waals surface area contributed by atoms with Crippen molar-refractivity contribution < 1.29 is 0 Å². The minimum absolute atomic E-state index is 0.613. The molecule has 0 amide bonds. The van der Waals surface area contributed by atoms with Gasteiger partial charge in [0, 0.05) is 12.1 Å². The van der Waals surface area contributed by atoms with E-state index >= 15 is 0 Å². The van der Waals surface area contributed by atoms with Crippen molar-refractivity contribution in [2.75, 3.05) is 0 Å². The Morgan fingerprint density at radius 2 is 1.33 bits per heavy atom. The summed E-state index contributed by atoms with van der Waals surface area (Å²) >= 11 is 0. The van der Waals surface area contributed by atoms with E-state index in [4.69, 9.17) is 0 Å². The molecule has 0 aliphatic rings. The second-order valence-electron chi connectivity index (χ2n) is 3.35. The molecule has 1 N–H and O–H groups in total. The topological polar surface area (TPSA) is 12.0 Å². The lowest BCUT2D eigenvalue weighted by Crippen LogP contribution is -2.35. The highest BCUT2D eigenvalue weighted by Gasteiger charge is 2.06. The van der Waals surface area contributed by atoms with Gasteiger partial charge in [0.2, 0.25) is 0 Å². The number of hydrogen-bond acceptors (Lipinski definition) is 1. The molecule has 0 rings (SSSR count). The van der Waals surface area contributed by atoms with Crippen molar-refractivity contribution in [2.45, 2.75) is 46.7 Å². The van der Waals surface area contributed by atoms with Crippen molar-refractivity contribution in [1.29, 1.82) is 0 Å². The Morgan fingerprint density at radius 1 is 0.889 bits per heavy atom. The average Bonchev–Trinajstić information content (AvgIpc) is 1.63. The van der Waals surface area contributed by atoms with E-state index in [9.17, 15) is 0 Å². The maximum absolute atomic E-state index is 3.44. The SMILES string of the molecule is CC(C)N[C@@H](C)C(C)C. The van der Waals surface area contributed by atoms with Gasteiger partial charge < -0.3 is 5.32 Å². The maximum Gasteiger partial charge on any atom is 0.00640 e. The van der Waals surface area contributed by atoms with Crippen molar-refractivity contribution in [3.05, 3.63) is 0 Å². The van der Waals surface area contributed by atoms with Crippen LogP contribution >= 0.6 is 0 Å². The van der Waals surface area contributed by atoms with Gasteiger partial charge in [-0.05, 0) is 12.8 Å². The number of nitrogens with one attached hydrogen (secondary N) is 1. The van der Waals surface area contributed by atoms with Crippen LogP contribution < -0.4 is 5.32 Å². The van der Waals surface area contributed by atoms with E-state index in [2.05, 4.69) is 39.9 Å². The molecule has 0 heterocycles. The van der Waals surface area contributed by atoms with Crippen LogP contribution in [0.4, 0.5) is 0 Å². The first-order chi connectivity index (χ1) is 4.04. The highest BCUT2D eigenvalue weighted by Crippen LogP contribution is 2.00. The Labute approximate surface area is 58.8 Å². The molecule has 1 heteroatoms. The molecule has 0 aromatic carbocycles. The van der Waals surface area contributed by atoms with E-state index in [0.29, 0.717) is 12.1 Å². The molecular weight excluding hydrogens is 110 g/mol. The summed E-state index contributed by atoms with van der Waals surface area (Å²) in [6.07, 6.45) is 0. The molecule has 0 aromatic heterocycles. The molecule has 9 heavy (non-hydrogen) atoms. The smallest absolute Gasteiger partial charge is 0.00640 e. The van der Waals surface area contributed by atoms with Gasteiger partial charge in [-0.15, -0.1) is 0 Å². The van der Waals surface area contributed by atoms with Crippen LogP contribution in [0.2, 0.25) is 0 Å². The summed E-state index contributed by atoms with van der Waals surface area (Å²) in [5.74, 6) is 0.743. The van der Waals surface area contributed by atoms with E-state index < -0.39 is 0 Å². The van der Waals surface area contributed by atoms with Crippen LogP contribution in [0.1, 0.15) is 34.6 Å². The van der Waals surface area contributed by atoms with E-state index in [1.54, 1.807) is 0 Å². The molecule has 0 saturated carbocycles. The second kappa shape index (κ2) is 3.89. The molecule has 0 aliphatic heterocycles. The largest absolute Gasteiger partial charge is 0.312 e.